The van der Waals surface area contributed by atoms with Crippen LogP contribution in [0, 0.1) is 5.92 Å². The summed E-state index contributed by atoms with van der Waals surface area (Å²) in [7, 11) is 0. The topological polar surface area (TPSA) is 12.5 Å². The molecule has 13 heavy (non-hydrogen) atoms. The SMILES string of the molecule is CCC(C)CN1CCOCC(Cl)C1. The van der Waals surface area contributed by atoms with Crippen molar-refractivity contribution < 1.29 is 4.74 Å². The van der Waals surface area contributed by atoms with Gasteiger partial charge in [0.15, 0.2) is 0 Å². The van der Waals surface area contributed by atoms with E-state index in [9.17, 15) is 0 Å². The molecule has 1 aliphatic rings. The molecule has 2 atom stereocenters. The van der Waals surface area contributed by atoms with Gasteiger partial charge in [-0.15, -0.1) is 11.6 Å². The molecule has 0 aromatic carbocycles. The van der Waals surface area contributed by atoms with Gasteiger partial charge in [0, 0.05) is 19.6 Å². The molecule has 1 fully saturated rings. The molecule has 0 aromatic heterocycles. The van der Waals surface area contributed by atoms with Gasteiger partial charge in [-0.3, -0.25) is 4.90 Å². The first-order valence-corrected chi connectivity index (χ1v) is 5.60. The maximum atomic E-state index is 6.08. The van der Waals surface area contributed by atoms with Gasteiger partial charge in [-0.25, -0.2) is 0 Å². The van der Waals surface area contributed by atoms with Gasteiger partial charge in [0.2, 0.25) is 0 Å². The van der Waals surface area contributed by atoms with E-state index in [1.807, 2.05) is 0 Å². The summed E-state index contributed by atoms with van der Waals surface area (Å²) in [5, 5.41) is 0.173. The maximum absolute atomic E-state index is 6.08. The molecule has 1 rings (SSSR count). The van der Waals surface area contributed by atoms with Crippen molar-refractivity contribution >= 4 is 11.6 Å². The molecule has 0 amide bonds. The Kier molecular flexibility index (Phi) is 5.07. The van der Waals surface area contributed by atoms with Gasteiger partial charge >= 0.3 is 0 Å². The quantitative estimate of drug-likeness (QED) is 0.654. The van der Waals surface area contributed by atoms with Crippen LogP contribution in [0.3, 0.4) is 0 Å². The van der Waals surface area contributed by atoms with Crippen LogP contribution in [0.2, 0.25) is 0 Å². The van der Waals surface area contributed by atoms with Gasteiger partial charge in [-0.1, -0.05) is 20.3 Å². The standard InChI is InChI=1S/C10H20ClNO/c1-3-9(2)6-12-4-5-13-8-10(11)7-12/h9-10H,3-8H2,1-2H3. The van der Waals surface area contributed by atoms with Gasteiger partial charge in [0.1, 0.15) is 0 Å². The van der Waals surface area contributed by atoms with E-state index in [2.05, 4.69) is 18.7 Å². The Morgan fingerprint density at radius 1 is 1.62 bits per heavy atom. The van der Waals surface area contributed by atoms with Crippen LogP contribution in [0.15, 0.2) is 0 Å². The Labute approximate surface area is 86.2 Å². The number of hydrogen-bond acceptors (Lipinski definition) is 2. The first-order chi connectivity index (χ1) is 6.22. The van der Waals surface area contributed by atoms with Crippen LogP contribution in [0.5, 0.6) is 0 Å². The molecule has 2 nitrogen and oxygen atoms in total. The Morgan fingerprint density at radius 3 is 3.08 bits per heavy atom. The monoisotopic (exact) mass is 205 g/mol. The first kappa shape index (κ1) is 11.3. The van der Waals surface area contributed by atoms with Crippen molar-refractivity contribution in [2.24, 2.45) is 5.92 Å². The van der Waals surface area contributed by atoms with E-state index >= 15 is 0 Å². The highest BCUT2D eigenvalue weighted by atomic mass is 35.5. The number of hydrogen-bond donors (Lipinski definition) is 0. The third-order valence-corrected chi connectivity index (χ3v) is 2.84. The van der Waals surface area contributed by atoms with Crippen molar-refractivity contribution in [3.63, 3.8) is 0 Å². The molecule has 1 heterocycles. The Bertz CT molecular complexity index is 143. The molecule has 3 heteroatoms. The minimum absolute atomic E-state index is 0.173. The summed E-state index contributed by atoms with van der Waals surface area (Å²) in [6, 6.07) is 0. The first-order valence-electron chi connectivity index (χ1n) is 5.16. The van der Waals surface area contributed by atoms with Crippen LogP contribution in [-0.2, 0) is 4.74 Å². The minimum atomic E-state index is 0.173. The molecule has 0 N–H and O–H groups in total. The molecule has 0 bridgehead atoms. The number of alkyl halides is 1. The average Bonchev–Trinajstić information content (AvgIpc) is 2.30. The molecule has 78 valence electrons. The third-order valence-electron chi connectivity index (χ3n) is 2.57. The van der Waals surface area contributed by atoms with Gasteiger partial charge < -0.3 is 4.74 Å². The van der Waals surface area contributed by atoms with Crippen LogP contribution in [0.25, 0.3) is 0 Å². The lowest BCUT2D eigenvalue weighted by Gasteiger charge is -2.23. The maximum Gasteiger partial charge on any atom is 0.0696 e. The van der Waals surface area contributed by atoms with E-state index in [0.717, 1.165) is 32.2 Å². The fourth-order valence-corrected chi connectivity index (χ4v) is 1.85. The Hall–Kier alpha value is 0.210. The zero-order valence-electron chi connectivity index (χ0n) is 8.63. The number of rotatable bonds is 3. The van der Waals surface area contributed by atoms with Crippen molar-refractivity contribution in [2.75, 3.05) is 32.8 Å². The second-order valence-corrected chi connectivity index (χ2v) is 4.56. The Morgan fingerprint density at radius 2 is 2.38 bits per heavy atom. The predicted octanol–water partition coefficient (Wildman–Crippen LogP) is 1.97. The van der Waals surface area contributed by atoms with Crippen LogP contribution < -0.4 is 0 Å². The summed E-state index contributed by atoms with van der Waals surface area (Å²) < 4.78 is 5.38. The minimum Gasteiger partial charge on any atom is -0.379 e. The fraction of sp³-hybridized carbons (Fsp3) is 1.00. The van der Waals surface area contributed by atoms with Gasteiger partial charge in [0.05, 0.1) is 18.6 Å². The van der Waals surface area contributed by atoms with Gasteiger partial charge in [-0.2, -0.15) is 0 Å². The van der Waals surface area contributed by atoms with Crippen molar-refractivity contribution in [1.82, 2.24) is 4.90 Å². The molecule has 2 unspecified atom stereocenters. The lowest BCUT2D eigenvalue weighted by Crippen LogP contribution is -2.34. The zero-order chi connectivity index (χ0) is 9.68. The van der Waals surface area contributed by atoms with Gasteiger partial charge in [0.25, 0.3) is 0 Å². The third kappa shape index (κ3) is 4.30. The molecule has 1 saturated heterocycles. The molecule has 1 aliphatic heterocycles. The zero-order valence-corrected chi connectivity index (χ0v) is 9.39. The van der Waals surface area contributed by atoms with Crippen molar-refractivity contribution in [3.05, 3.63) is 0 Å². The summed E-state index contributed by atoms with van der Waals surface area (Å²) in [5.74, 6) is 0.766. The second-order valence-electron chi connectivity index (χ2n) is 3.95. The molecule has 0 spiro atoms. The van der Waals surface area contributed by atoms with E-state index in [0.29, 0.717) is 6.61 Å². The fourth-order valence-electron chi connectivity index (χ4n) is 1.56. The van der Waals surface area contributed by atoms with Crippen molar-refractivity contribution in [1.29, 1.82) is 0 Å². The normalized spacial score (nSPS) is 28.4. The second kappa shape index (κ2) is 5.84. The molecule has 0 radical (unpaired) electrons. The van der Waals surface area contributed by atoms with E-state index in [-0.39, 0.29) is 5.38 Å². The van der Waals surface area contributed by atoms with Crippen molar-refractivity contribution in [2.45, 2.75) is 25.6 Å². The smallest absolute Gasteiger partial charge is 0.0696 e. The summed E-state index contributed by atoms with van der Waals surface area (Å²) in [4.78, 5) is 2.42. The molecule has 0 saturated carbocycles. The average molecular weight is 206 g/mol. The van der Waals surface area contributed by atoms with Crippen LogP contribution in [-0.4, -0.2) is 43.1 Å². The van der Waals surface area contributed by atoms with Crippen molar-refractivity contribution in [3.8, 4) is 0 Å². The van der Waals surface area contributed by atoms with E-state index in [1.54, 1.807) is 0 Å². The summed E-state index contributed by atoms with van der Waals surface area (Å²) in [6.45, 7) is 9.23. The van der Waals surface area contributed by atoms with E-state index in [1.165, 1.54) is 6.42 Å². The molecule has 0 aromatic rings. The molecular formula is C10H20ClNO. The number of nitrogens with zero attached hydrogens (tertiary/aromatic N) is 1. The lowest BCUT2D eigenvalue weighted by molar-refractivity contribution is 0.139. The van der Waals surface area contributed by atoms with E-state index < -0.39 is 0 Å². The highest BCUT2D eigenvalue weighted by molar-refractivity contribution is 6.20. The number of halogens is 1. The molecule has 0 aliphatic carbocycles. The van der Waals surface area contributed by atoms with E-state index in [4.69, 9.17) is 16.3 Å². The molecular weight excluding hydrogens is 186 g/mol. The van der Waals surface area contributed by atoms with Crippen LogP contribution >= 0.6 is 11.6 Å². The highest BCUT2D eigenvalue weighted by Crippen LogP contribution is 2.10. The summed E-state index contributed by atoms with van der Waals surface area (Å²) >= 11 is 6.08. The predicted molar refractivity (Wildman–Crippen MR) is 56.4 cm³/mol. The summed E-state index contributed by atoms with van der Waals surface area (Å²) in [6.07, 6.45) is 1.24. The van der Waals surface area contributed by atoms with Gasteiger partial charge in [-0.05, 0) is 5.92 Å². The largest absolute Gasteiger partial charge is 0.379 e. The Balaban J connectivity index is 2.30. The highest BCUT2D eigenvalue weighted by Gasteiger charge is 2.17. The number of ether oxygens (including phenoxy) is 1. The lowest BCUT2D eigenvalue weighted by atomic mass is 10.1. The summed E-state index contributed by atoms with van der Waals surface area (Å²) in [5.41, 5.74) is 0. The van der Waals surface area contributed by atoms with Crippen LogP contribution in [0.4, 0.5) is 0 Å². The van der Waals surface area contributed by atoms with Crippen LogP contribution in [0.1, 0.15) is 20.3 Å².